The van der Waals surface area contributed by atoms with Gasteiger partial charge in [-0.2, -0.15) is 0 Å². The zero-order chi connectivity index (χ0) is 21.2. The van der Waals surface area contributed by atoms with E-state index >= 15 is 0 Å². The maximum absolute atomic E-state index is 14.9. The first-order chi connectivity index (χ1) is 15.2. The van der Waals surface area contributed by atoms with E-state index in [-0.39, 0.29) is 23.7 Å². The molecular formula is C23H26F2N6. The second-order valence-corrected chi connectivity index (χ2v) is 8.32. The molecule has 162 valence electrons. The van der Waals surface area contributed by atoms with E-state index in [4.69, 9.17) is 0 Å². The average Bonchev–Trinajstić information content (AvgIpc) is 3.48. The molecular weight excluding hydrogens is 398 g/mol. The highest BCUT2D eigenvalue weighted by Gasteiger charge is 2.34. The zero-order valence-corrected chi connectivity index (χ0v) is 17.4. The molecule has 1 aliphatic carbocycles. The maximum atomic E-state index is 14.9. The molecule has 2 fully saturated rings. The van der Waals surface area contributed by atoms with E-state index in [1.54, 1.807) is 18.2 Å². The van der Waals surface area contributed by atoms with Gasteiger partial charge in [-0.05, 0) is 41.5 Å². The molecule has 5 rings (SSSR count). The number of halogens is 2. The van der Waals surface area contributed by atoms with Gasteiger partial charge in [0.1, 0.15) is 17.7 Å². The second-order valence-electron chi connectivity index (χ2n) is 8.32. The molecule has 0 amide bonds. The molecule has 0 spiro atoms. The van der Waals surface area contributed by atoms with Gasteiger partial charge in [0.2, 0.25) is 0 Å². The highest BCUT2D eigenvalue weighted by molar-refractivity contribution is 5.48. The van der Waals surface area contributed by atoms with Crippen LogP contribution in [0, 0.1) is 11.6 Å². The quantitative estimate of drug-likeness (QED) is 0.620. The van der Waals surface area contributed by atoms with Crippen LogP contribution in [0.5, 0.6) is 0 Å². The predicted octanol–water partition coefficient (Wildman–Crippen LogP) is 3.98. The molecule has 31 heavy (non-hydrogen) atoms. The molecule has 1 saturated heterocycles. The number of benzene rings is 2. The van der Waals surface area contributed by atoms with Gasteiger partial charge in [-0.25, -0.2) is 13.5 Å². The van der Waals surface area contributed by atoms with Gasteiger partial charge < -0.3 is 4.90 Å². The Hall–Kier alpha value is -2.87. The Morgan fingerprint density at radius 1 is 0.839 bits per heavy atom. The fourth-order valence-electron chi connectivity index (χ4n) is 4.91. The van der Waals surface area contributed by atoms with Gasteiger partial charge in [0.15, 0.2) is 5.82 Å². The smallest absolute Gasteiger partial charge is 0.173 e. The first-order valence-electron chi connectivity index (χ1n) is 11.0. The van der Waals surface area contributed by atoms with Gasteiger partial charge in [-0.3, -0.25) is 4.90 Å². The Bertz CT molecular complexity index is 1020. The van der Waals surface area contributed by atoms with Gasteiger partial charge in [0, 0.05) is 31.7 Å². The van der Waals surface area contributed by atoms with Gasteiger partial charge >= 0.3 is 0 Å². The summed E-state index contributed by atoms with van der Waals surface area (Å²) < 4.78 is 31.1. The fraction of sp³-hybridized carbons (Fsp3) is 0.435. The van der Waals surface area contributed by atoms with Crippen molar-refractivity contribution in [2.45, 2.75) is 37.8 Å². The number of anilines is 1. The van der Waals surface area contributed by atoms with Crippen LogP contribution in [-0.2, 0) is 0 Å². The minimum absolute atomic E-state index is 0.216. The van der Waals surface area contributed by atoms with Gasteiger partial charge in [0.25, 0.3) is 0 Å². The maximum Gasteiger partial charge on any atom is 0.173 e. The zero-order valence-electron chi connectivity index (χ0n) is 17.4. The van der Waals surface area contributed by atoms with Crippen LogP contribution >= 0.6 is 0 Å². The normalized spacial score (nSPS) is 19.1. The Morgan fingerprint density at radius 3 is 2.23 bits per heavy atom. The number of piperazine rings is 1. The van der Waals surface area contributed by atoms with Crippen molar-refractivity contribution in [2.24, 2.45) is 0 Å². The lowest BCUT2D eigenvalue weighted by molar-refractivity contribution is 0.194. The van der Waals surface area contributed by atoms with E-state index in [9.17, 15) is 8.78 Å². The highest BCUT2D eigenvalue weighted by atomic mass is 19.1. The summed E-state index contributed by atoms with van der Waals surface area (Å²) in [5.41, 5.74) is 1.19. The standard InChI is InChI=1S/C23H26F2N6/c24-19-10-4-3-9-18(19)22(23-26-27-28-31(23)17-7-1-2-8-17)30-15-13-29(14-16-30)21-12-6-5-11-20(21)25/h3-6,9-12,17,22H,1-2,7-8,13-16H2/t22-/m1/s1. The van der Waals surface area contributed by atoms with E-state index < -0.39 is 0 Å². The number of hydrogen-bond donors (Lipinski definition) is 0. The Morgan fingerprint density at radius 2 is 1.52 bits per heavy atom. The van der Waals surface area contributed by atoms with Crippen molar-refractivity contribution >= 4 is 5.69 Å². The number of tetrazole rings is 1. The molecule has 6 nitrogen and oxygen atoms in total. The minimum atomic E-state index is -0.375. The van der Waals surface area contributed by atoms with E-state index in [0.717, 1.165) is 25.7 Å². The third kappa shape index (κ3) is 3.92. The van der Waals surface area contributed by atoms with Crippen LogP contribution in [0.4, 0.5) is 14.5 Å². The lowest BCUT2D eigenvalue weighted by Crippen LogP contribution is -2.48. The van der Waals surface area contributed by atoms with Crippen LogP contribution in [0.2, 0.25) is 0 Å². The van der Waals surface area contributed by atoms with Crippen molar-refractivity contribution in [3.8, 4) is 0 Å². The summed E-state index contributed by atoms with van der Waals surface area (Å²) in [5, 5.41) is 12.6. The first-order valence-corrected chi connectivity index (χ1v) is 11.0. The molecule has 0 radical (unpaired) electrons. The van der Waals surface area contributed by atoms with Crippen molar-refractivity contribution in [3.05, 3.63) is 71.6 Å². The van der Waals surface area contributed by atoms with Crippen LogP contribution in [0.1, 0.15) is 49.2 Å². The number of para-hydroxylation sites is 1. The van der Waals surface area contributed by atoms with Crippen LogP contribution in [0.15, 0.2) is 48.5 Å². The van der Waals surface area contributed by atoms with Crippen molar-refractivity contribution in [1.82, 2.24) is 25.1 Å². The molecule has 2 aliphatic rings. The molecule has 2 aromatic carbocycles. The van der Waals surface area contributed by atoms with Crippen molar-refractivity contribution < 1.29 is 8.78 Å². The van der Waals surface area contributed by atoms with E-state index in [2.05, 4.69) is 20.4 Å². The summed E-state index contributed by atoms with van der Waals surface area (Å²) in [6.45, 7) is 2.61. The topological polar surface area (TPSA) is 50.1 Å². The Balaban J connectivity index is 1.45. The number of rotatable bonds is 5. The van der Waals surface area contributed by atoms with Gasteiger partial charge in [0.05, 0.1) is 11.7 Å². The predicted molar refractivity (Wildman–Crippen MR) is 114 cm³/mol. The summed E-state index contributed by atoms with van der Waals surface area (Å²) >= 11 is 0. The highest BCUT2D eigenvalue weighted by Crippen LogP contribution is 2.35. The van der Waals surface area contributed by atoms with Crippen LogP contribution < -0.4 is 4.90 Å². The molecule has 1 saturated carbocycles. The van der Waals surface area contributed by atoms with E-state index in [1.807, 2.05) is 27.8 Å². The number of nitrogens with zero attached hydrogens (tertiary/aromatic N) is 6. The summed E-state index contributed by atoms with van der Waals surface area (Å²) in [7, 11) is 0. The average molecular weight is 424 g/mol. The molecule has 8 heteroatoms. The molecule has 0 bridgehead atoms. The van der Waals surface area contributed by atoms with Crippen molar-refractivity contribution in [2.75, 3.05) is 31.1 Å². The van der Waals surface area contributed by atoms with Crippen LogP contribution in [-0.4, -0.2) is 51.3 Å². The second kappa shape index (κ2) is 8.70. The molecule has 1 aliphatic heterocycles. The van der Waals surface area contributed by atoms with E-state index in [1.165, 1.54) is 12.1 Å². The Labute approximate surface area is 180 Å². The Kier molecular flexibility index (Phi) is 5.63. The van der Waals surface area contributed by atoms with Crippen molar-refractivity contribution in [3.63, 3.8) is 0 Å². The number of hydrogen-bond acceptors (Lipinski definition) is 5. The molecule has 2 heterocycles. The van der Waals surface area contributed by atoms with Gasteiger partial charge in [-0.1, -0.05) is 43.2 Å². The lowest BCUT2D eigenvalue weighted by Gasteiger charge is -2.40. The first kappa shape index (κ1) is 20.1. The van der Waals surface area contributed by atoms with Crippen LogP contribution in [0.25, 0.3) is 0 Å². The van der Waals surface area contributed by atoms with E-state index in [0.29, 0.717) is 43.3 Å². The largest absolute Gasteiger partial charge is 0.367 e. The minimum Gasteiger partial charge on any atom is -0.367 e. The van der Waals surface area contributed by atoms with Crippen molar-refractivity contribution in [1.29, 1.82) is 0 Å². The molecule has 0 unspecified atom stereocenters. The van der Waals surface area contributed by atoms with Crippen LogP contribution in [0.3, 0.4) is 0 Å². The summed E-state index contributed by atoms with van der Waals surface area (Å²) in [6.07, 6.45) is 4.41. The summed E-state index contributed by atoms with van der Waals surface area (Å²) in [5.74, 6) is 0.216. The fourth-order valence-corrected chi connectivity index (χ4v) is 4.91. The third-order valence-corrected chi connectivity index (χ3v) is 6.51. The monoisotopic (exact) mass is 424 g/mol. The molecule has 0 N–H and O–H groups in total. The molecule has 1 atom stereocenters. The SMILES string of the molecule is Fc1ccccc1[C@H](c1nnnn1C1CCCC1)N1CCN(c2ccccc2F)CC1. The third-order valence-electron chi connectivity index (χ3n) is 6.51. The summed E-state index contributed by atoms with van der Waals surface area (Å²) in [4.78, 5) is 4.26. The summed E-state index contributed by atoms with van der Waals surface area (Å²) in [6, 6.07) is 13.6. The van der Waals surface area contributed by atoms with Gasteiger partial charge in [-0.15, -0.1) is 5.10 Å². The number of aromatic nitrogens is 4. The lowest BCUT2D eigenvalue weighted by atomic mass is 10.0. The molecule has 3 aromatic rings. The molecule has 1 aromatic heterocycles.